The van der Waals surface area contributed by atoms with Gasteiger partial charge < -0.3 is 15.0 Å². The predicted octanol–water partition coefficient (Wildman–Crippen LogP) is 2.43. The third-order valence-corrected chi connectivity index (χ3v) is 4.36. The Morgan fingerprint density at radius 1 is 1.40 bits per heavy atom. The third kappa shape index (κ3) is 2.52. The number of allylic oxidation sites excluding steroid dienone is 1. The van der Waals surface area contributed by atoms with Gasteiger partial charge in [-0.25, -0.2) is 9.59 Å². The number of nitrogens with one attached hydrogen (secondary N) is 1. The normalized spacial score (nSPS) is 18.9. The Labute approximate surface area is 131 Å². The monoisotopic (exact) mass is 386 g/mol. The SMILES string of the molecule is COC(=O)C1=C(C)N(C)C(=O)N[C@@H]1c1ccccc1I. The standard InChI is InChI=1S/C14H15IN2O3/c1-8-11(13(18)20-3)12(16-14(19)17(8)2)9-6-4-5-7-10(9)15/h4-7,12H,1-3H3,(H,16,19)/t12-/m1/s1. The van der Waals surface area contributed by atoms with E-state index in [0.29, 0.717) is 11.3 Å². The highest BCUT2D eigenvalue weighted by Gasteiger charge is 2.35. The number of rotatable bonds is 2. The Hall–Kier alpha value is -1.57. The minimum Gasteiger partial charge on any atom is -0.466 e. The van der Waals surface area contributed by atoms with Crippen molar-refractivity contribution < 1.29 is 14.3 Å². The largest absolute Gasteiger partial charge is 0.466 e. The van der Waals surface area contributed by atoms with Gasteiger partial charge in [0.2, 0.25) is 0 Å². The lowest BCUT2D eigenvalue weighted by molar-refractivity contribution is -0.136. The van der Waals surface area contributed by atoms with Crippen molar-refractivity contribution in [2.75, 3.05) is 14.2 Å². The molecule has 1 aliphatic heterocycles. The molecule has 1 atom stereocenters. The average Bonchev–Trinajstić information content (AvgIpc) is 2.44. The van der Waals surface area contributed by atoms with Gasteiger partial charge in [0, 0.05) is 16.3 Å². The Kier molecular flexibility index (Phi) is 4.32. The Bertz CT molecular complexity index is 598. The number of carbonyl (C=O) groups excluding carboxylic acids is 2. The second kappa shape index (κ2) is 5.82. The molecule has 0 unspecified atom stereocenters. The van der Waals surface area contributed by atoms with E-state index in [0.717, 1.165) is 9.13 Å². The average molecular weight is 386 g/mol. The number of hydrogen-bond donors (Lipinski definition) is 1. The predicted molar refractivity (Wildman–Crippen MR) is 82.9 cm³/mol. The first-order valence-corrected chi connectivity index (χ1v) is 7.13. The van der Waals surface area contributed by atoms with Crippen LogP contribution in [0.5, 0.6) is 0 Å². The number of hydrogen-bond acceptors (Lipinski definition) is 3. The molecule has 0 radical (unpaired) electrons. The molecule has 0 fully saturated rings. The van der Waals surface area contributed by atoms with Crippen LogP contribution in [0.1, 0.15) is 18.5 Å². The minimum atomic E-state index is -0.487. The number of amides is 2. The van der Waals surface area contributed by atoms with Crippen molar-refractivity contribution >= 4 is 34.6 Å². The lowest BCUT2D eigenvalue weighted by Gasteiger charge is -2.33. The third-order valence-electron chi connectivity index (χ3n) is 3.38. The maximum absolute atomic E-state index is 12.1. The van der Waals surface area contributed by atoms with Crippen LogP contribution >= 0.6 is 22.6 Å². The van der Waals surface area contributed by atoms with Crippen molar-refractivity contribution in [3.05, 3.63) is 44.7 Å². The zero-order valence-electron chi connectivity index (χ0n) is 11.4. The van der Waals surface area contributed by atoms with Crippen LogP contribution in [0.3, 0.4) is 0 Å². The first-order valence-electron chi connectivity index (χ1n) is 6.05. The smallest absolute Gasteiger partial charge is 0.337 e. The van der Waals surface area contributed by atoms with Crippen LogP contribution < -0.4 is 5.32 Å². The summed E-state index contributed by atoms with van der Waals surface area (Å²) in [5.41, 5.74) is 1.94. The second-order valence-corrected chi connectivity index (χ2v) is 5.62. The number of carbonyl (C=O) groups is 2. The lowest BCUT2D eigenvalue weighted by atomic mass is 9.95. The van der Waals surface area contributed by atoms with Crippen LogP contribution in [-0.2, 0) is 9.53 Å². The van der Waals surface area contributed by atoms with Crippen molar-refractivity contribution in [3.63, 3.8) is 0 Å². The highest BCUT2D eigenvalue weighted by atomic mass is 127. The van der Waals surface area contributed by atoms with Crippen LogP contribution in [0, 0.1) is 3.57 Å². The zero-order valence-corrected chi connectivity index (χ0v) is 13.6. The molecule has 1 aliphatic rings. The van der Waals surface area contributed by atoms with Crippen LogP contribution in [0.25, 0.3) is 0 Å². The van der Waals surface area contributed by atoms with Gasteiger partial charge in [-0.1, -0.05) is 18.2 Å². The summed E-state index contributed by atoms with van der Waals surface area (Å²) in [6.07, 6.45) is 0. The van der Waals surface area contributed by atoms with Crippen LogP contribution in [-0.4, -0.2) is 31.1 Å². The fraction of sp³-hybridized carbons (Fsp3) is 0.286. The number of esters is 1. The Balaban J connectivity index is 2.58. The molecule has 0 bridgehead atoms. The van der Waals surface area contributed by atoms with E-state index in [9.17, 15) is 9.59 Å². The molecule has 1 aromatic rings. The molecular weight excluding hydrogens is 371 g/mol. The van der Waals surface area contributed by atoms with Gasteiger partial charge >= 0.3 is 12.0 Å². The zero-order chi connectivity index (χ0) is 14.9. The Morgan fingerprint density at radius 2 is 2.05 bits per heavy atom. The van der Waals surface area contributed by atoms with E-state index in [4.69, 9.17) is 4.74 Å². The van der Waals surface area contributed by atoms with E-state index in [1.165, 1.54) is 12.0 Å². The molecule has 2 amide bonds. The molecule has 5 nitrogen and oxygen atoms in total. The van der Waals surface area contributed by atoms with Gasteiger partial charge in [0.15, 0.2) is 0 Å². The molecule has 1 aromatic carbocycles. The van der Waals surface area contributed by atoms with Crippen LogP contribution in [0.2, 0.25) is 0 Å². The molecule has 0 saturated heterocycles. The molecule has 2 rings (SSSR count). The molecule has 0 aromatic heterocycles. The van der Waals surface area contributed by atoms with Crippen molar-refractivity contribution in [2.24, 2.45) is 0 Å². The van der Waals surface area contributed by atoms with E-state index >= 15 is 0 Å². The van der Waals surface area contributed by atoms with Crippen LogP contribution in [0.15, 0.2) is 35.5 Å². The first kappa shape index (κ1) is 14.8. The topological polar surface area (TPSA) is 58.6 Å². The minimum absolute atomic E-state index is 0.236. The number of benzene rings is 1. The number of urea groups is 1. The maximum Gasteiger partial charge on any atom is 0.337 e. The molecule has 0 spiro atoms. The summed E-state index contributed by atoms with van der Waals surface area (Å²) in [6, 6.07) is 6.90. The number of methoxy groups -OCH3 is 1. The first-order chi connectivity index (χ1) is 9.47. The van der Waals surface area contributed by atoms with Crippen molar-refractivity contribution in [2.45, 2.75) is 13.0 Å². The highest BCUT2D eigenvalue weighted by Crippen LogP contribution is 2.32. The van der Waals surface area contributed by atoms with Gasteiger partial charge in [0.05, 0.1) is 18.7 Å². The summed E-state index contributed by atoms with van der Waals surface area (Å²) in [5.74, 6) is -0.431. The summed E-state index contributed by atoms with van der Waals surface area (Å²) in [7, 11) is 2.96. The van der Waals surface area contributed by atoms with E-state index in [1.54, 1.807) is 14.0 Å². The van der Waals surface area contributed by atoms with Crippen molar-refractivity contribution in [1.82, 2.24) is 10.2 Å². The van der Waals surface area contributed by atoms with Gasteiger partial charge in [0.1, 0.15) is 0 Å². The molecule has 1 heterocycles. The van der Waals surface area contributed by atoms with Crippen molar-refractivity contribution in [3.8, 4) is 0 Å². The van der Waals surface area contributed by atoms with E-state index in [1.807, 2.05) is 24.3 Å². The fourth-order valence-corrected chi connectivity index (χ4v) is 2.85. The molecule has 0 saturated carbocycles. The van der Waals surface area contributed by atoms with Crippen molar-refractivity contribution in [1.29, 1.82) is 0 Å². The lowest BCUT2D eigenvalue weighted by Crippen LogP contribution is -2.46. The van der Waals surface area contributed by atoms with Gasteiger partial charge in [0.25, 0.3) is 0 Å². The molecule has 20 heavy (non-hydrogen) atoms. The van der Waals surface area contributed by atoms with E-state index < -0.39 is 12.0 Å². The highest BCUT2D eigenvalue weighted by molar-refractivity contribution is 14.1. The molecule has 0 aliphatic carbocycles. The Morgan fingerprint density at radius 3 is 2.65 bits per heavy atom. The molecule has 106 valence electrons. The van der Waals surface area contributed by atoms with E-state index in [2.05, 4.69) is 27.9 Å². The number of halogens is 1. The van der Waals surface area contributed by atoms with Gasteiger partial charge in [-0.05, 0) is 41.1 Å². The number of ether oxygens (including phenoxy) is 1. The summed E-state index contributed by atoms with van der Waals surface area (Å²) in [6.45, 7) is 1.74. The second-order valence-electron chi connectivity index (χ2n) is 4.45. The number of nitrogens with zero attached hydrogens (tertiary/aromatic N) is 1. The van der Waals surface area contributed by atoms with E-state index in [-0.39, 0.29) is 6.03 Å². The summed E-state index contributed by atoms with van der Waals surface area (Å²) in [5, 5.41) is 2.84. The fourth-order valence-electron chi connectivity index (χ4n) is 2.15. The van der Waals surface area contributed by atoms with Gasteiger partial charge in [-0.3, -0.25) is 0 Å². The molecule has 6 heteroatoms. The molecular formula is C14H15IN2O3. The van der Waals surface area contributed by atoms with Gasteiger partial charge in [-0.15, -0.1) is 0 Å². The van der Waals surface area contributed by atoms with Gasteiger partial charge in [-0.2, -0.15) is 0 Å². The summed E-state index contributed by atoms with van der Waals surface area (Å²) >= 11 is 2.19. The summed E-state index contributed by atoms with van der Waals surface area (Å²) < 4.78 is 5.84. The maximum atomic E-state index is 12.1. The quantitative estimate of drug-likeness (QED) is 0.628. The summed E-state index contributed by atoms with van der Waals surface area (Å²) in [4.78, 5) is 25.5. The molecule has 1 N–H and O–H groups in total. The van der Waals surface area contributed by atoms with Crippen LogP contribution in [0.4, 0.5) is 4.79 Å².